The van der Waals surface area contributed by atoms with E-state index in [1.165, 1.54) is 12.1 Å². The van der Waals surface area contributed by atoms with Gasteiger partial charge in [-0.3, -0.25) is 14.2 Å². The first-order chi connectivity index (χ1) is 15.5. The number of benzene rings is 1. The predicted molar refractivity (Wildman–Crippen MR) is 120 cm³/mol. The van der Waals surface area contributed by atoms with Gasteiger partial charge in [0.25, 0.3) is 20.6 Å². The third-order valence-electron chi connectivity index (χ3n) is 5.15. The molecular weight excluding hydrogens is 450 g/mol. The fourth-order valence-electron chi connectivity index (χ4n) is 3.29. The molecule has 1 aromatic carbocycles. The molecule has 3 rings (SSSR count). The van der Waals surface area contributed by atoms with Gasteiger partial charge in [-0.25, -0.2) is 13.1 Å². The van der Waals surface area contributed by atoms with Crippen LogP contribution in [0.1, 0.15) is 37.9 Å². The van der Waals surface area contributed by atoms with Crippen LogP contribution in [-0.2, 0) is 26.5 Å². The van der Waals surface area contributed by atoms with Gasteiger partial charge in [0.15, 0.2) is 5.76 Å². The predicted octanol–water partition coefficient (Wildman–Crippen LogP) is 1.84. The highest BCUT2D eigenvalue weighted by Crippen LogP contribution is 2.29. The van der Waals surface area contributed by atoms with E-state index in [1.807, 2.05) is 13.0 Å². The number of aliphatic hydroxyl groups is 2. The second-order valence-corrected chi connectivity index (χ2v) is 9.69. The molecule has 2 aromatic heterocycles. The number of aromatic nitrogens is 2. The Labute approximate surface area is 190 Å². The Hall–Kier alpha value is -3.28. The molecule has 0 bridgehead atoms. The summed E-state index contributed by atoms with van der Waals surface area (Å²) in [6.45, 7) is 4.24. The number of pyridine rings is 1. The van der Waals surface area contributed by atoms with Crippen LogP contribution in [0.5, 0.6) is 0 Å². The van der Waals surface area contributed by atoms with Crippen LogP contribution in [0.2, 0.25) is 0 Å². The van der Waals surface area contributed by atoms with Crippen molar-refractivity contribution in [3.05, 3.63) is 64.2 Å². The van der Waals surface area contributed by atoms with Gasteiger partial charge in [0.2, 0.25) is 5.91 Å². The Bertz CT molecular complexity index is 1340. The lowest BCUT2D eigenvalue weighted by atomic mass is 9.99. The van der Waals surface area contributed by atoms with Crippen LogP contribution < -0.4 is 10.3 Å². The van der Waals surface area contributed by atoms with Crippen LogP contribution in [0.3, 0.4) is 0 Å². The number of sulfonamides is 1. The molecule has 1 amide bonds. The zero-order valence-corrected chi connectivity index (χ0v) is 19.2. The molecule has 2 heterocycles. The summed E-state index contributed by atoms with van der Waals surface area (Å²) >= 11 is 0. The van der Waals surface area contributed by atoms with Crippen LogP contribution >= 0.6 is 0 Å². The van der Waals surface area contributed by atoms with E-state index in [0.29, 0.717) is 33.6 Å². The maximum atomic E-state index is 12.7. The van der Waals surface area contributed by atoms with Crippen LogP contribution in [0.4, 0.5) is 0 Å². The van der Waals surface area contributed by atoms with Gasteiger partial charge >= 0.3 is 0 Å². The topological polar surface area (TPSA) is 152 Å². The molecule has 0 saturated heterocycles. The molecule has 1 unspecified atom stereocenters. The fraction of sp³-hybridized carbons (Fsp3) is 0.318. The fourth-order valence-corrected chi connectivity index (χ4v) is 4.29. The van der Waals surface area contributed by atoms with Crippen LogP contribution in [-0.4, -0.2) is 34.3 Å². The summed E-state index contributed by atoms with van der Waals surface area (Å²) in [4.78, 5) is 24.4. The number of hydrogen-bond donors (Lipinski definition) is 3. The summed E-state index contributed by atoms with van der Waals surface area (Å²) in [6, 6.07) is 9.67. The van der Waals surface area contributed by atoms with E-state index in [-0.39, 0.29) is 13.0 Å². The number of carbonyl (C=O) groups excluding carboxylic acids is 1. The third-order valence-corrected chi connectivity index (χ3v) is 6.86. The minimum atomic E-state index is -4.59. The molecule has 3 aromatic rings. The molecule has 0 saturated carbocycles. The van der Waals surface area contributed by atoms with Crippen LogP contribution in [0.25, 0.3) is 22.5 Å². The molecule has 0 aliphatic rings. The Balaban J connectivity index is 1.92. The second kappa shape index (κ2) is 9.30. The van der Waals surface area contributed by atoms with Gasteiger partial charge in [-0.15, -0.1) is 0 Å². The SMILES string of the molecule is CCCC(=O)NS(=O)(=O)C(C)(O)n1ccc(-c2ccc(-c3cc(CO)no3)c(C)c2)cc1=O. The molecule has 0 radical (unpaired) electrons. The number of nitrogens with zero attached hydrogens (tertiary/aromatic N) is 2. The summed E-state index contributed by atoms with van der Waals surface area (Å²) in [6.07, 6.45) is 1.55. The van der Waals surface area contributed by atoms with Gasteiger partial charge in [0.1, 0.15) is 5.69 Å². The number of aryl methyl sites for hydroxylation is 1. The zero-order chi connectivity index (χ0) is 24.4. The van der Waals surface area contributed by atoms with Crippen molar-refractivity contribution in [1.29, 1.82) is 0 Å². The largest absolute Gasteiger partial charge is 0.390 e. The average Bonchev–Trinajstić information content (AvgIpc) is 3.22. The van der Waals surface area contributed by atoms with E-state index < -0.39 is 26.5 Å². The van der Waals surface area contributed by atoms with Gasteiger partial charge < -0.3 is 14.7 Å². The van der Waals surface area contributed by atoms with E-state index in [0.717, 1.165) is 24.2 Å². The molecular formula is C22H25N3O7S. The molecule has 0 aliphatic carbocycles. The average molecular weight is 476 g/mol. The van der Waals surface area contributed by atoms with Gasteiger partial charge in [-0.2, -0.15) is 0 Å². The van der Waals surface area contributed by atoms with Crippen molar-refractivity contribution < 1.29 is 27.9 Å². The van der Waals surface area contributed by atoms with Gasteiger partial charge in [-0.1, -0.05) is 30.3 Å². The van der Waals surface area contributed by atoms with E-state index in [4.69, 9.17) is 9.63 Å². The lowest BCUT2D eigenvalue weighted by Crippen LogP contribution is -2.51. The highest BCUT2D eigenvalue weighted by molar-refractivity contribution is 7.90. The van der Waals surface area contributed by atoms with Crippen LogP contribution in [0.15, 0.2) is 51.9 Å². The highest BCUT2D eigenvalue weighted by atomic mass is 32.2. The highest BCUT2D eigenvalue weighted by Gasteiger charge is 2.40. The molecule has 10 nitrogen and oxygen atoms in total. The molecule has 0 fully saturated rings. The quantitative estimate of drug-likeness (QED) is 0.446. The van der Waals surface area contributed by atoms with Crippen molar-refractivity contribution in [1.82, 2.24) is 14.4 Å². The van der Waals surface area contributed by atoms with E-state index >= 15 is 0 Å². The van der Waals surface area contributed by atoms with Gasteiger partial charge in [-0.05, 0) is 36.1 Å². The van der Waals surface area contributed by atoms with Gasteiger partial charge in [0, 0.05) is 37.2 Å². The zero-order valence-electron chi connectivity index (χ0n) is 18.4. The van der Waals surface area contributed by atoms with Crippen molar-refractivity contribution in [3.63, 3.8) is 0 Å². The first-order valence-corrected chi connectivity index (χ1v) is 11.7. The molecule has 176 valence electrons. The lowest BCUT2D eigenvalue weighted by molar-refractivity contribution is -0.119. The Kier molecular flexibility index (Phi) is 6.86. The second-order valence-electron chi connectivity index (χ2n) is 7.71. The summed E-state index contributed by atoms with van der Waals surface area (Å²) in [5, 5.41) is 20.9. The van der Waals surface area contributed by atoms with E-state index in [1.54, 1.807) is 29.8 Å². The monoisotopic (exact) mass is 475 g/mol. The van der Waals surface area contributed by atoms with Gasteiger partial charge in [0.05, 0.1) is 6.61 Å². The number of aliphatic hydroxyl groups excluding tert-OH is 1. The van der Waals surface area contributed by atoms with Crippen molar-refractivity contribution in [2.75, 3.05) is 0 Å². The van der Waals surface area contributed by atoms with Crippen LogP contribution in [0, 0.1) is 6.92 Å². The summed E-state index contributed by atoms with van der Waals surface area (Å²) in [5.74, 6) is -0.277. The summed E-state index contributed by atoms with van der Waals surface area (Å²) < 4.78 is 32.7. The van der Waals surface area contributed by atoms with E-state index in [9.17, 15) is 23.1 Å². The number of rotatable bonds is 8. The maximum absolute atomic E-state index is 12.7. The lowest BCUT2D eigenvalue weighted by Gasteiger charge is -2.26. The molecule has 3 N–H and O–H groups in total. The van der Waals surface area contributed by atoms with E-state index in [2.05, 4.69) is 5.16 Å². The number of carbonyl (C=O) groups is 1. The first-order valence-electron chi connectivity index (χ1n) is 10.2. The molecule has 33 heavy (non-hydrogen) atoms. The first kappa shape index (κ1) is 24.4. The Morgan fingerprint density at radius 1 is 1.21 bits per heavy atom. The normalized spacial score (nSPS) is 13.5. The Morgan fingerprint density at radius 2 is 1.91 bits per heavy atom. The summed E-state index contributed by atoms with van der Waals surface area (Å²) in [5.41, 5.74) is 2.41. The smallest absolute Gasteiger partial charge is 0.285 e. The minimum absolute atomic E-state index is 0.0339. The molecule has 1 atom stereocenters. The molecule has 11 heteroatoms. The standard InChI is InChI=1S/C22H25N3O7S/c1-4-5-20(27)24-33(30,31)22(3,29)25-9-8-16(11-21(25)28)15-6-7-18(14(2)10-15)19-12-17(13-26)23-32-19/h6-12,26,29H,4-5,13H2,1-3H3,(H,24,27). The number of amides is 1. The number of hydrogen-bond acceptors (Lipinski definition) is 8. The molecule has 0 aliphatic heterocycles. The molecule has 0 spiro atoms. The maximum Gasteiger partial charge on any atom is 0.285 e. The minimum Gasteiger partial charge on any atom is -0.390 e. The van der Waals surface area contributed by atoms with Crippen molar-refractivity contribution in [2.24, 2.45) is 0 Å². The number of nitrogens with one attached hydrogen (secondary N) is 1. The van der Waals surface area contributed by atoms with Crippen molar-refractivity contribution >= 4 is 15.9 Å². The Morgan fingerprint density at radius 3 is 2.48 bits per heavy atom. The van der Waals surface area contributed by atoms with Crippen molar-refractivity contribution in [2.45, 2.75) is 45.3 Å². The van der Waals surface area contributed by atoms with Crippen molar-refractivity contribution in [3.8, 4) is 22.5 Å². The summed E-state index contributed by atoms with van der Waals surface area (Å²) in [7, 11) is -4.59. The third kappa shape index (κ3) is 4.90.